The number of carbonyl (C=O) groups is 1. The molecule has 0 aliphatic heterocycles. The SMILES string of the molecule is Cc1nn(-c2ccccc2)c(NC(=O)NC2c3ccccc3CCC2O)c1C. The Morgan fingerprint density at radius 1 is 1.11 bits per heavy atom. The number of hydrogen-bond acceptors (Lipinski definition) is 3. The highest BCUT2D eigenvalue weighted by molar-refractivity contribution is 5.90. The van der Waals surface area contributed by atoms with Gasteiger partial charge in [-0.25, -0.2) is 9.48 Å². The topological polar surface area (TPSA) is 79.2 Å². The Labute approximate surface area is 164 Å². The molecule has 0 radical (unpaired) electrons. The fourth-order valence-corrected chi connectivity index (χ4v) is 3.71. The van der Waals surface area contributed by atoms with E-state index < -0.39 is 12.1 Å². The number of aliphatic hydroxyl groups excluding tert-OH is 1. The summed E-state index contributed by atoms with van der Waals surface area (Å²) in [5.41, 5.74) is 4.77. The van der Waals surface area contributed by atoms with Gasteiger partial charge in [0, 0.05) is 5.56 Å². The third-order valence-corrected chi connectivity index (χ3v) is 5.36. The average molecular weight is 376 g/mol. The van der Waals surface area contributed by atoms with Crippen LogP contribution in [0.4, 0.5) is 10.6 Å². The van der Waals surface area contributed by atoms with Crippen molar-refractivity contribution in [2.75, 3.05) is 5.32 Å². The minimum absolute atomic E-state index is 0.360. The summed E-state index contributed by atoms with van der Waals surface area (Å²) in [5, 5.41) is 20.9. The van der Waals surface area contributed by atoms with Gasteiger partial charge in [0.1, 0.15) is 5.82 Å². The molecule has 1 aromatic heterocycles. The molecule has 2 atom stereocenters. The Morgan fingerprint density at radius 3 is 2.61 bits per heavy atom. The molecule has 144 valence electrons. The van der Waals surface area contributed by atoms with E-state index >= 15 is 0 Å². The molecule has 6 heteroatoms. The molecule has 1 aliphatic carbocycles. The number of benzene rings is 2. The normalized spacial score (nSPS) is 18.4. The van der Waals surface area contributed by atoms with Crippen LogP contribution < -0.4 is 10.6 Å². The second kappa shape index (κ2) is 7.48. The smallest absolute Gasteiger partial charge is 0.320 e. The molecule has 1 aliphatic rings. The number of amides is 2. The Hall–Kier alpha value is -3.12. The summed E-state index contributed by atoms with van der Waals surface area (Å²) in [6, 6.07) is 16.8. The number of urea groups is 1. The predicted molar refractivity (Wildman–Crippen MR) is 109 cm³/mol. The molecule has 0 saturated carbocycles. The van der Waals surface area contributed by atoms with Gasteiger partial charge in [0.25, 0.3) is 0 Å². The van der Waals surface area contributed by atoms with Gasteiger partial charge >= 0.3 is 6.03 Å². The van der Waals surface area contributed by atoms with Crippen molar-refractivity contribution in [2.24, 2.45) is 0 Å². The highest BCUT2D eigenvalue weighted by Crippen LogP contribution is 2.30. The van der Waals surface area contributed by atoms with Crippen LogP contribution in [-0.4, -0.2) is 27.0 Å². The van der Waals surface area contributed by atoms with E-state index in [0.29, 0.717) is 12.2 Å². The van der Waals surface area contributed by atoms with Gasteiger partial charge in [-0.1, -0.05) is 42.5 Å². The van der Waals surface area contributed by atoms with Gasteiger partial charge in [-0.15, -0.1) is 0 Å². The third kappa shape index (κ3) is 3.39. The lowest BCUT2D eigenvalue weighted by molar-refractivity contribution is 0.114. The summed E-state index contributed by atoms with van der Waals surface area (Å²) >= 11 is 0. The molecule has 0 bridgehead atoms. The third-order valence-electron chi connectivity index (χ3n) is 5.36. The number of anilines is 1. The maximum atomic E-state index is 12.8. The summed E-state index contributed by atoms with van der Waals surface area (Å²) in [5.74, 6) is 0.625. The summed E-state index contributed by atoms with van der Waals surface area (Å²) in [4.78, 5) is 12.8. The molecule has 2 unspecified atom stereocenters. The summed E-state index contributed by atoms with van der Waals surface area (Å²) in [6.45, 7) is 3.85. The van der Waals surface area contributed by atoms with Crippen LogP contribution in [-0.2, 0) is 6.42 Å². The summed E-state index contributed by atoms with van der Waals surface area (Å²) in [7, 11) is 0. The van der Waals surface area contributed by atoms with Crippen molar-refractivity contribution in [1.29, 1.82) is 0 Å². The first-order valence-electron chi connectivity index (χ1n) is 9.49. The van der Waals surface area contributed by atoms with E-state index in [0.717, 1.165) is 28.9 Å². The van der Waals surface area contributed by atoms with Gasteiger partial charge in [-0.05, 0) is 49.9 Å². The monoisotopic (exact) mass is 376 g/mol. The lowest BCUT2D eigenvalue weighted by Gasteiger charge is -2.31. The molecule has 2 amide bonds. The number of nitrogens with one attached hydrogen (secondary N) is 2. The number of rotatable bonds is 3. The molecule has 0 saturated heterocycles. The van der Waals surface area contributed by atoms with Gasteiger partial charge in [0.05, 0.1) is 23.5 Å². The molecule has 0 fully saturated rings. The average Bonchev–Trinajstić information content (AvgIpc) is 2.99. The minimum Gasteiger partial charge on any atom is -0.391 e. The van der Waals surface area contributed by atoms with Gasteiger partial charge < -0.3 is 10.4 Å². The predicted octanol–water partition coefficient (Wildman–Crippen LogP) is 3.66. The first-order chi connectivity index (χ1) is 13.5. The minimum atomic E-state index is -0.609. The molecule has 3 N–H and O–H groups in total. The lowest BCUT2D eigenvalue weighted by Crippen LogP contribution is -2.41. The zero-order valence-electron chi connectivity index (χ0n) is 16.0. The molecule has 28 heavy (non-hydrogen) atoms. The van der Waals surface area contributed by atoms with E-state index in [1.807, 2.05) is 68.4 Å². The van der Waals surface area contributed by atoms with Crippen molar-refractivity contribution in [3.05, 3.63) is 77.0 Å². The van der Waals surface area contributed by atoms with E-state index in [1.54, 1.807) is 4.68 Å². The Morgan fingerprint density at radius 2 is 1.82 bits per heavy atom. The number of aryl methyl sites for hydroxylation is 2. The Kier molecular flexibility index (Phi) is 4.88. The van der Waals surface area contributed by atoms with Crippen LogP contribution in [0.2, 0.25) is 0 Å². The fourth-order valence-electron chi connectivity index (χ4n) is 3.71. The van der Waals surface area contributed by atoms with E-state index in [2.05, 4.69) is 15.7 Å². The van der Waals surface area contributed by atoms with Gasteiger partial charge in [-0.3, -0.25) is 5.32 Å². The van der Waals surface area contributed by atoms with Gasteiger partial charge in [-0.2, -0.15) is 5.10 Å². The Balaban J connectivity index is 1.59. The molecule has 1 heterocycles. The van der Waals surface area contributed by atoms with Crippen molar-refractivity contribution in [2.45, 2.75) is 38.8 Å². The van der Waals surface area contributed by atoms with E-state index in [-0.39, 0.29) is 6.03 Å². The zero-order chi connectivity index (χ0) is 19.7. The summed E-state index contributed by atoms with van der Waals surface area (Å²) < 4.78 is 1.73. The standard InChI is InChI=1S/C22H24N4O2/c1-14-15(2)25-26(17-9-4-3-5-10-17)21(14)24-22(28)23-20-18-11-7-6-8-16(18)12-13-19(20)27/h3-11,19-20,27H,12-13H2,1-2H3,(H2,23,24,28). The van der Waals surface area contributed by atoms with Crippen LogP contribution in [0.3, 0.4) is 0 Å². The van der Waals surface area contributed by atoms with E-state index in [4.69, 9.17) is 0 Å². The number of nitrogens with zero attached hydrogens (tertiary/aromatic N) is 2. The van der Waals surface area contributed by atoms with Crippen LogP contribution in [0.1, 0.15) is 34.8 Å². The van der Waals surface area contributed by atoms with Crippen LogP contribution in [0.5, 0.6) is 0 Å². The number of aromatic nitrogens is 2. The van der Waals surface area contributed by atoms with Crippen molar-refractivity contribution in [1.82, 2.24) is 15.1 Å². The molecule has 3 aromatic rings. The lowest BCUT2D eigenvalue weighted by atomic mass is 9.86. The molecule has 0 spiro atoms. The second-order valence-corrected chi connectivity index (χ2v) is 7.19. The van der Waals surface area contributed by atoms with Crippen molar-refractivity contribution in [3.8, 4) is 5.69 Å². The number of para-hydroxylation sites is 1. The van der Waals surface area contributed by atoms with Crippen molar-refractivity contribution < 1.29 is 9.90 Å². The molecular formula is C22H24N4O2. The highest BCUT2D eigenvalue weighted by Gasteiger charge is 2.29. The van der Waals surface area contributed by atoms with Crippen molar-refractivity contribution in [3.63, 3.8) is 0 Å². The molecular weight excluding hydrogens is 352 g/mol. The molecule has 4 rings (SSSR count). The number of aliphatic hydroxyl groups is 1. The number of carbonyl (C=O) groups excluding carboxylic acids is 1. The van der Waals surface area contributed by atoms with Gasteiger partial charge in [0.2, 0.25) is 0 Å². The molecule has 6 nitrogen and oxygen atoms in total. The van der Waals surface area contributed by atoms with Crippen LogP contribution >= 0.6 is 0 Å². The van der Waals surface area contributed by atoms with Gasteiger partial charge in [0.15, 0.2) is 0 Å². The van der Waals surface area contributed by atoms with Crippen LogP contribution in [0.15, 0.2) is 54.6 Å². The maximum absolute atomic E-state index is 12.8. The highest BCUT2D eigenvalue weighted by atomic mass is 16.3. The van der Waals surface area contributed by atoms with E-state index in [1.165, 1.54) is 5.56 Å². The number of hydrogen-bond donors (Lipinski definition) is 3. The zero-order valence-corrected chi connectivity index (χ0v) is 16.0. The first kappa shape index (κ1) is 18.3. The van der Waals surface area contributed by atoms with Crippen LogP contribution in [0.25, 0.3) is 5.69 Å². The first-order valence-corrected chi connectivity index (χ1v) is 9.49. The fraction of sp³-hybridized carbons (Fsp3) is 0.273. The maximum Gasteiger partial charge on any atom is 0.320 e. The number of fused-ring (bicyclic) bond motifs is 1. The van der Waals surface area contributed by atoms with Crippen molar-refractivity contribution >= 4 is 11.8 Å². The second-order valence-electron chi connectivity index (χ2n) is 7.19. The Bertz CT molecular complexity index is 997. The largest absolute Gasteiger partial charge is 0.391 e. The van der Waals surface area contributed by atoms with E-state index in [9.17, 15) is 9.90 Å². The van der Waals surface area contributed by atoms with Crippen LogP contribution in [0, 0.1) is 13.8 Å². The quantitative estimate of drug-likeness (QED) is 0.653. The summed E-state index contributed by atoms with van der Waals surface area (Å²) in [6.07, 6.45) is 0.834. The molecule has 2 aromatic carbocycles.